The SMILES string of the molecule is CCc1ccccc1N1C(=O)CSC1c1cccc(NC(=O)c2cccc(F)c2)c1. The first kappa shape index (κ1) is 20.2. The number of hydrogen-bond acceptors (Lipinski definition) is 3. The van der Waals surface area contributed by atoms with Gasteiger partial charge in [0.2, 0.25) is 5.91 Å². The number of carbonyl (C=O) groups is 2. The van der Waals surface area contributed by atoms with Crippen molar-refractivity contribution < 1.29 is 14.0 Å². The maximum Gasteiger partial charge on any atom is 0.255 e. The summed E-state index contributed by atoms with van der Waals surface area (Å²) < 4.78 is 13.4. The smallest absolute Gasteiger partial charge is 0.255 e. The van der Waals surface area contributed by atoms with E-state index in [0.717, 1.165) is 23.2 Å². The number of nitrogens with one attached hydrogen (secondary N) is 1. The van der Waals surface area contributed by atoms with Crippen molar-refractivity contribution in [3.05, 3.63) is 95.3 Å². The summed E-state index contributed by atoms with van der Waals surface area (Å²) in [5.74, 6) is -0.361. The van der Waals surface area contributed by atoms with Crippen LogP contribution in [0.2, 0.25) is 0 Å². The highest BCUT2D eigenvalue weighted by Crippen LogP contribution is 2.43. The van der Waals surface area contributed by atoms with Gasteiger partial charge in [-0.25, -0.2) is 4.39 Å². The number of carbonyl (C=O) groups excluding carboxylic acids is 2. The van der Waals surface area contributed by atoms with Crippen molar-refractivity contribution in [2.45, 2.75) is 18.7 Å². The van der Waals surface area contributed by atoms with Crippen LogP contribution in [0.4, 0.5) is 15.8 Å². The maximum atomic E-state index is 13.4. The lowest BCUT2D eigenvalue weighted by molar-refractivity contribution is -0.115. The van der Waals surface area contributed by atoms with Crippen LogP contribution in [0.5, 0.6) is 0 Å². The molecule has 0 radical (unpaired) electrons. The molecule has 1 aliphatic heterocycles. The molecule has 1 atom stereocenters. The molecule has 1 aliphatic rings. The summed E-state index contributed by atoms with van der Waals surface area (Å²) in [6, 6.07) is 21.0. The number of nitrogens with zero attached hydrogens (tertiary/aromatic N) is 1. The molecule has 30 heavy (non-hydrogen) atoms. The summed E-state index contributed by atoms with van der Waals surface area (Å²) in [4.78, 5) is 27.0. The Hall–Kier alpha value is -3.12. The van der Waals surface area contributed by atoms with Gasteiger partial charge in [-0.05, 0) is 53.9 Å². The Morgan fingerprint density at radius 3 is 2.70 bits per heavy atom. The molecule has 3 aromatic carbocycles. The van der Waals surface area contributed by atoms with E-state index in [4.69, 9.17) is 0 Å². The molecule has 4 rings (SSSR count). The molecule has 0 spiro atoms. The fourth-order valence-corrected chi connectivity index (χ4v) is 4.74. The van der Waals surface area contributed by atoms with E-state index in [1.165, 1.54) is 18.2 Å². The summed E-state index contributed by atoms with van der Waals surface area (Å²) in [5.41, 5.74) is 3.83. The van der Waals surface area contributed by atoms with Crippen LogP contribution in [0.3, 0.4) is 0 Å². The first-order valence-corrected chi connectivity index (χ1v) is 10.8. The molecule has 4 nitrogen and oxygen atoms in total. The van der Waals surface area contributed by atoms with E-state index in [0.29, 0.717) is 11.4 Å². The van der Waals surface area contributed by atoms with Crippen LogP contribution in [0.1, 0.15) is 33.8 Å². The molecular formula is C24H21FN2O2S. The zero-order valence-corrected chi connectivity index (χ0v) is 17.3. The van der Waals surface area contributed by atoms with Crippen LogP contribution in [-0.2, 0) is 11.2 Å². The molecule has 0 aromatic heterocycles. The van der Waals surface area contributed by atoms with Gasteiger partial charge in [-0.15, -0.1) is 11.8 Å². The molecule has 3 aromatic rings. The Morgan fingerprint density at radius 2 is 1.90 bits per heavy atom. The second-order valence-corrected chi connectivity index (χ2v) is 8.07. The monoisotopic (exact) mass is 420 g/mol. The summed E-state index contributed by atoms with van der Waals surface area (Å²) in [7, 11) is 0. The zero-order chi connectivity index (χ0) is 21.1. The molecule has 1 heterocycles. The molecule has 1 fully saturated rings. The second-order valence-electron chi connectivity index (χ2n) is 7.00. The zero-order valence-electron chi connectivity index (χ0n) is 16.5. The van der Waals surface area contributed by atoms with Gasteiger partial charge in [-0.1, -0.05) is 43.3 Å². The molecule has 6 heteroatoms. The Kier molecular flexibility index (Phi) is 5.86. The van der Waals surface area contributed by atoms with Crippen LogP contribution >= 0.6 is 11.8 Å². The van der Waals surface area contributed by atoms with Crippen molar-refractivity contribution in [1.82, 2.24) is 0 Å². The van der Waals surface area contributed by atoms with Crippen LogP contribution in [-0.4, -0.2) is 17.6 Å². The van der Waals surface area contributed by atoms with Crippen molar-refractivity contribution in [3.8, 4) is 0 Å². The summed E-state index contributed by atoms with van der Waals surface area (Å²) in [6.07, 6.45) is 0.834. The summed E-state index contributed by atoms with van der Waals surface area (Å²) >= 11 is 1.57. The van der Waals surface area contributed by atoms with E-state index in [-0.39, 0.29) is 22.8 Å². The van der Waals surface area contributed by atoms with Gasteiger partial charge in [0, 0.05) is 16.9 Å². The fraction of sp³-hybridized carbons (Fsp3) is 0.167. The number of hydrogen-bond donors (Lipinski definition) is 1. The Morgan fingerprint density at radius 1 is 1.10 bits per heavy atom. The summed E-state index contributed by atoms with van der Waals surface area (Å²) in [6.45, 7) is 2.07. The first-order chi connectivity index (χ1) is 14.6. The first-order valence-electron chi connectivity index (χ1n) is 9.75. The molecule has 1 N–H and O–H groups in total. The third-order valence-corrected chi connectivity index (χ3v) is 6.23. The minimum atomic E-state index is -0.456. The van der Waals surface area contributed by atoms with Crippen LogP contribution in [0.25, 0.3) is 0 Å². The topological polar surface area (TPSA) is 49.4 Å². The van der Waals surface area contributed by atoms with Gasteiger partial charge in [-0.3, -0.25) is 14.5 Å². The quantitative estimate of drug-likeness (QED) is 0.600. The van der Waals surface area contributed by atoms with Crippen molar-refractivity contribution in [1.29, 1.82) is 0 Å². The van der Waals surface area contributed by atoms with Gasteiger partial charge in [0.25, 0.3) is 5.91 Å². The van der Waals surface area contributed by atoms with E-state index in [1.807, 2.05) is 47.4 Å². The third kappa shape index (κ3) is 4.09. The number of thioether (sulfide) groups is 1. The predicted octanol–water partition coefficient (Wildman–Crippen LogP) is 5.42. The van der Waals surface area contributed by atoms with E-state index in [2.05, 4.69) is 12.2 Å². The Labute approximate surface area is 179 Å². The predicted molar refractivity (Wildman–Crippen MR) is 119 cm³/mol. The maximum absolute atomic E-state index is 13.4. The number of halogens is 1. The highest BCUT2D eigenvalue weighted by atomic mass is 32.2. The van der Waals surface area contributed by atoms with Crippen LogP contribution < -0.4 is 10.2 Å². The van der Waals surface area contributed by atoms with Crippen molar-refractivity contribution in [3.63, 3.8) is 0 Å². The fourth-order valence-electron chi connectivity index (χ4n) is 3.58. The van der Waals surface area contributed by atoms with E-state index in [1.54, 1.807) is 23.9 Å². The molecular weight excluding hydrogens is 399 g/mol. The van der Waals surface area contributed by atoms with Gasteiger partial charge in [0.15, 0.2) is 0 Å². The lowest BCUT2D eigenvalue weighted by Crippen LogP contribution is -2.28. The molecule has 1 saturated heterocycles. The van der Waals surface area contributed by atoms with E-state index >= 15 is 0 Å². The minimum Gasteiger partial charge on any atom is -0.322 e. The lowest BCUT2D eigenvalue weighted by Gasteiger charge is -2.26. The number of aryl methyl sites for hydroxylation is 1. The highest BCUT2D eigenvalue weighted by molar-refractivity contribution is 8.00. The average molecular weight is 421 g/mol. The summed E-state index contributed by atoms with van der Waals surface area (Å²) in [5, 5.41) is 2.65. The van der Waals surface area contributed by atoms with Gasteiger partial charge in [-0.2, -0.15) is 0 Å². The Balaban J connectivity index is 1.61. The number of benzene rings is 3. The largest absolute Gasteiger partial charge is 0.322 e. The van der Waals surface area contributed by atoms with Crippen LogP contribution in [0, 0.1) is 5.82 Å². The van der Waals surface area contributed by atoms with Crippen LogP contribution in [0.15, 0.2) is 72.8 Å². The number of para-hydroxylation sites is 1. The van der Waals surface area contributed by atoms with Gasteiger partial charge >= 0.3 is 0 Å². The molecule has 2 amide bonds. The number of anilines is 2. The average Bonchev–Trinajstić information content (AvgIpc) is 3.15. The van der Waals surface area contributed by atoms with E-state index < -0.39 is 5.82 Å². The normalized spacial score (nSPS) is 16.0. The van der Waals surface area contributed by atoms with Crippen molar-refractivity contribution in [2.24, 2.45) is 0 Å². The molecule has 0 bridgehead atoms. The van der Waals surface area contributed by atoms with Gasteiger partial charge < -0.3 is 5.32 Å². The Bertz CT molecular complexity index is 1100. The van der Waals surface area contributed by atoms with Crippen molar-refractivity contribution in [2.75, 3.05) is 16.0 Å². The molecule has 0 aliphatic carbocycles. The molecule has 1 unspecified atom stereocenters. The molecule has 152 valence electrons. The van der Waals surface area contributed by atoms with Gasteiger partial charge in [0.1, 0.15) is 11.2 Å². The third-order valence-electron chi connectivity index (χ3n) is 5.02. The van der Waals surface area contributed by atoms with Gasteiger partial charge in [0.05, 0.1) is 5.75 Å². The lowest BCUT2D eigenvalue weighted by atomic mass is 10.1. The van der Waals surface area contributed by atoms with E-state index in [9.17, 15) is 14.0 Å². The highest BCUT2D eigenvalue weighted by Gasteiger charge is 2.35. The second kappa shape index (κ2) is 8.71. The number of rotatable bonds is 5. The number of amides is 2. The van der Waals surface area contributed by atoms with Crippen molar-refractivity contribution >= 4 is 35.0 Å². The minimum absolute atomic E-state index is 0.0695. The standard InChI is InChI=1S/C24H21FN2O2S/c1-2-16-7-3-4-12-21(16)27-22(28)15-30-24(27)18-9-6-11-20(14-18)26-23(29)17-8-5-10-19(25)13-17/h3-14,24H,2,15H2,1H3,(H,26,29). The molecule has 0 saturated carbocycles.